The Morgan fingerprint density at radius 1 is 1.17 bits per heavy atom. The van der Waals surface area contributed by atoms with Crippen LogP contribution in [0.4, 0.5) is 0 Å². The van der Waals surface area contributed by atoms with Crippen LogP contribution in [-0.2, 0) is 12.8 Å². The minimum absolute atomic E-state index is 0.0422. The molecular formula is C14H15ClN2O. The topological polar surface area (TPSA) is 48.0 Å². The van der Waals surface area contributed by atoms with E-state index in [-0.39, 0.29) is 5.91 Å². The van der Waals surface area contributed by atoms with Crippen LogP contribution in [0.15, 0.2) is 42.7 Å². The van der Waals surface area contributed by atoms with E-state index in [0.29, 0.717) is 18.0 Å². The zero-order chi connectivity index (χ0) is 13.0. The first kappa shape index (κ1) is 12.9. The van der Waals surface area contributed by atoms with Gasteiger partial charge in [0.25, 0.3) is 0 Å². The molecule has 1 aromatic heterocycles. The molecule has 2 aromatic rings. The largest absolute Gasteiger partial charge is 0.330 e. The van der Waals surface area contributed by atoms with Gasteiger partial charge in [0.1, 0.15) is 0 Å². The highest BCUT2D eigenvalue weighted by Crippen LogP contribution is 2.11. The van der Waals surface area contributed by atoms with Gasteiger partial charge in [0, 0.05) is 17.4 Å². The summed E-state index contributed by atoms with van der Waals surface area (Å²) in [4.78, 5) is 12.0. The van der Waals surface area contributed by atoms with Crippen LogP contribution in [0.25, 0.3) is 0 Å². The Balaban J connectivity index is 2.04. The second kappa shape index (κ2) is 5.85. The summed E-state index contributed by atoms with van der Waals surface area (Å²) in [6.45, 7) is 0.593. The van der Waals surface area contributed by atoms with Crippen LogP contribution in [-0.4, -0.2) is 17.0 Å². The van der Waals surface area contributed by atoms with Crippen LogP contribution in [0.2, 0.25) is 5.02 Å². The van der Waals surface area contributed by atoms with Gasteiger partial charge in [-0.2, -0.15) is 0 Å². The lowest BCUT2D eigenvalue weighted by atomic mass is 10.1. The zero-order valence-corrected chi connectivity index (χ0v) is 10.7. The van der Waals surface area contributed by atoms with E-state index in [4.69, 9.17) is 17.3 Å². The molecule has 0 radical (unpaired) electrons. The van der Waals surface area contributed by atoms with Gasteiger partial charge in [-0.3, -0.25) is 9.36 Å². The summed E-state index contributed by atoms with van der Waals surface area (Å²) < 4.78 is 1.61. The number of nitrogens with zero attached hydrogens (tertiary/aromatic N) is 1. The third kappa shape index (κ3) is 3.22. The van der Waals surface area contributed by atoms with Gasteiger partial charge in [-0.05, 0) is 42.3 Å². The Hall–Kier alpha value is -1.58. The molecule has 4 heteroatoms. The van der Waals surface area contributed by atoms with Crippen LogP contribution >= 0.6 is 11.6 Å². The first-order valence-electron chi connectivity index (χ1n) is 5.83. The molecule has 2 rings (SSSR count). The second-order valence-electron chi connectivity index (χ2n) is 4.16. The Kier molecular flexibility index (Phi) is 4.18. The molecule has 0 spiro atoms. The van der Waals surface area contributed by atoms with Gasteiger partial charge < -0.3 is 5.73 Å². The number of benzene rings is 1. The Morgan fingerprint density at radius 3 is 2.56 bits per heavy atom. The third-order valence-electron chi connectivity index (χ3n) is 2.74. The lowest BCUT2D eigenvalue weighted by Crippen LogP contribution is -2.11. The summed E-state index contributed by atoms with van der Waals surface area (Å²) in [6, 6.07) is 9.24. The molecule has 0 fully saturated rings. The van der Waals surface area contributed by atoms with E-state index in [0.717, 1.165) is 17.5 Å². The van der Waals surface area contributed by atoms with Crippen LogP contribution in [0.5, 0.6) is 0 Å². The lowest BCUT2D eigenvalue weighted by Gasteiger charge is -2.02. The van der Waals surface area contributed by atoms with E-state index < -0.39 is 0 Å². The minimum Gasteiger partial charge on any atom is -0.330 e. The quantitative estimate of drug-likeness (QED) is 0.920. The molecule has 0 aliphatic heterocycles. The summed E-state index contributed by atoms with van der Waals surface area (Å²) >= 11 is 5.80. The number of carbonyl (C=O) groups excluding carboxylic acids is 1. The molecule has 0 bridgehead atoms. The molecular weight excluding hydrogens is 248 g/mol. The minimum atomic E-state index is 0.0422. The highest BCUT2D eigenvalue weighted by molar-refractivity contribution is 6.30. The van der Waals surface area contributed by atoms with Gasteiger partial charge in [-0.1, -0.05) is 23.7 Å². The number of carbonyl (C=O) groups is 1. The van der Waals surface area contributed by atoms with Crippen molar-refractivity contribution in [2.24, 2.45) is 5.73 Å². The maximum atomic E-state index is 12.0. The average molecular weight is 263 g/mol. The van der Waals surface area contributed by atoms with E-state index in [1.165, 1.54) is 0 Å². The van der Waals surface area contributed by atoms with Gasteiger partial charge in [-0.15, -0.1) is 0 Å². The normalized spacial score (nSPS) is 10.6. The van der Waals surface area contributed by atoms with Crippen LogP contribution < -0.4 is 5.73 Å². The molecule has 3 nitrogen and oxygen atoms in total. The summed E-state index contributed by atoms with van der Waals surface area (Å²) in [6.07, 6.45) is 4.78. The molecule has 0 atom stereocenters. The number of rotatable bonds is 4. The summed E-state index contributed by atoms with van der Waals surface area (Å²) in [5.41, 5.74) is 7.52. The Bertz CT molecular complexity index is 531. The van der Waals surface area contributed by atoms with E-state index in [9.17, 15) is 4.79 Å². The Morgan fingerprint density at radius 2 is 1.89 bits per heavy atom. The van der Waals surface area contributed by atoms with Crippen molar-refractivity contribution in [2.45, 2.75) is 12.8 Å². The van der Waals surface area contributed by atoms with Gasteiger partial charge in [0.05, 0.1) is 6.42 Å². The SMILES string of the molecule is NCCc1ccn(C(=O)Cc2ccc(Cl)cc2)c1. The fourth-order valence-electron chi connectivity index (χ4n) is 1.78. The molecule has 0 aliphatic carbocycles. The van der Waals surface area contributed by atoms with E-state index in [1.54, 1.807) is 22.9 Å². The van der Waals surface area contributed by atoms with Crippen molar-refractivity contribution in [2.75, 3.05) is 6.54 Å². The molecule has 2 N–H and O–H groups in total. The first-order valence-corrected chi connectivity index (χ1v) is 6.21. The fourth-order valence-corrected chi connectivity index (χ4v) is 1.90. The molecule has 1 heterocycles. The van der Waals surface area contributed by atoms with Gasteiger partial charge in [0.2, 0.25) is 5.91 Å². The molecule has 0 amide bonds. The highest BCUT2D eigenvalue weighted by Gasteiger charge is 2.06. The number of hydrogen-bond donors (Lipinski definition) is 1. The molecule has 0 aliphatic rings. The summed E-state index contributed by atoms with van der Waals surface area (Å²) in [7, 11) is 0. The van der Waals surface area contributed by atoms with Crippen molar-refractivity contribution in [3.63, 3.8) is 0 Å². The van der Waals surface area contributed by atoms with Crippen molar-refractivity contribution in [1.29, 1.82) is 0 Å². The monoisotopic (exact) mass is 262 g/mol. The zero-order valence-electron chi connectivity index (χ0n) is 9.97. The third-order valence-corrected chi connectivity index (χ3v) is 3.00. The Labute approximate surface area is 111 Å². The first-order chi connectivity index (χ1) is 8.69. The van der Waals surface area contributed by atoms with Crippen LogP contribution in [0.1, 0.15) is 15.9 Å². The molecule has 1 aromatic carbocycles. The average Bonchev–Trinajstić information content (AvgIpc) is 2.81. The van der Waals surface area contributed by atoms with Crippen molar-refractivity contribution in [3.8, 4) is 0 Å². The number of hydrogen-bond acceptors (Lipinski definition) is 2. The van der Waals surface area contributed by atoms with Crippen molar-refractivity contribution in [3.05, 3.63) is 58.9 Å². The maximum Gasteiger partial charge on any atom is 0.234 e. The van der Waals surface area contributed by atoms with Crippen molar-refractivity contribution < 1.29 is 4.79 Å². The van der Waals surface area contributed by atoms with Crippen LogP contribution in [0, 0.1) is 0 Å². The summed E-state index contributed by atoms with van der Waals surface area (Å²) in [5.74, 6) is 0.0422. The fraction of sp³-hybridized carbons (Fsp3) is 0.214. The summed E-state index contributed by atoms with van der Waals surface area (Å²) in [5, 5.41) is 0.678. The molecule has 94 valence electrons. The van der Waals surface area contributed by atoms with E-state index in [1.807, 2.05) is 24.4 Å². The van der Waals surface area contributed by atoms with Gasteiger partial charge in [0.15, 0.2) is 0 Å². The number of halogens is 1. The molecule has 0 unspecified atom stereocenters. The van der Waals surface area contributed by atoms with Gasteiger partial charge in [-0.25, -0.2) is 0 Å². The lowest BCUT2D eigenvalue weighted by molar-refractivity contribution is 0.0914. The van der Waals surface area contributed by atoms with E-state index >= 15 is 0 Å². The van der Waals surface area contributed by atoms with Gasteiger partial charge >= 0.3 is 0 Å². The molecule has 18 heavy (non-hydrogen) atoms. The van der Waals surface area contributed by atoms with E-state index in [2.05, 4.69) is 0 Å². The smallest absolute Gasteiger partial charge is 0.234 e. The van der Waals surface area contributed by atoms with Crippen molar-refractivity contribution in [1.82, 2.24) is 4.57 Å². The second-order valence-corrected chi connectivity index (χ2v) is 4.60. The van der Waals surface area contributed by atoms with Crippen molar-refractivity contribution >= 4 is 17.5 Å². The maximum absolute atomic E-state index is 12.0. The van der Waals surface area contributed by atoms with Crippen LogP contribution in [0.3, 0.4) is 0 Å². The predicted octanol–water partition coefficient (Wildman–Crippen LogP) is 2.53. The standard InChI is InChI=1S/C14H15ClN2O/c15-13-3-1-11(2-4-13)9-14(18)17-8-6-12(10-17)5-7-16/h1-4,6,8,10H,5,7,9,16H2. The molecule has 0 saturated carbocycles. The number of nitrogens with two attached hydrogens (primary N) is 1. The molecule has 0 saturated heterocycles. The predicted molar refractivity (Wildman–Crippen MR) is 73.0 cm³/mol. The number of aromatic nitrogens is 1. The highest BCUT2D eigenvalue weighted by atomic mass is 35.5.